The van der Waals surface area contributed by atoms with Gasteiger partial charge < -0.3 is 20.5 Å². The summed E-state index contributed by atoms with van der Waals surface area (Å²) in [6, 6.07) is 4.24. The molecule has 1 aliphatic rings. The molecule has 8 nitrogen and oxygen atoms in total. The van der Waals surface area contributed by atoms with E-state index in [1.54, 1.807) is 18.2 Å². The van der Waals surface area contributed by atoms with E-state index in [0.29, 0.717) is 17.1 Å². The summed E-state index contributed by atoms with van der Waals surface area (Å²) >= 11 is 0. The summed E-state index contributed by atoms with van der Waals surface area (Å²) in [6.45, 7) is -0.269. The number of carbonyl (C=O) groups excluding carboxylic acids is 3. The van der Waals surface area contributed by atoms with Crippen LogP contribution in [0.4, 0.5) is 4.79 Å². The van der Waals surface area contributed by atoms with Gasteiger partial charge in [-0.2, -0.15) is 0 Å². The smallest absolute Gasteiger partial charge is 0.326 e. The van der Waals surface area contributed by atoms with Gasteiger partial charge in [0.2, 0.25) is 0 Å². The van der Waals surface area contributed by atoms with Crippen molar-refractivity contribution in [2.75, 3.05) is 13.7 Å². The van der Waals surface area contributed by atoms with E-state index in [0.717, 1.165) is 0 Å². The Morgan fingerprint density at radius 1 is 1.29 bits per heavy atom. The van der Waals surface area contributed by atoms with E-state index in [1.807, 2.05) is 0 Å². The second-order valence-corrected chi connectivity index (χ2v) is 4.13. The fourth-order valence-corrected chi connectivity index (χ4v) is 1.69. The molecule has 1 heterocycles. The van der Waals surface area contributed by atoms with Gasteiger partial charge in [-0.05, 0) is 23.8 Å². The third-order valence-electron chi connectivity index (χ3n) is 2.59. The van der Waals surface area contributed by atoms with Gasteiger partial charge in [0.1, 0.15) is 5.70 Å². The molecule has 1 aliphatic heterocycles. The van der Waals surface area contributed by atoms with E-state index in [-0.39, 0.29) is 12.3 Å². The van der Waals surface area contributed by atoms with Gasteiger partial charge in [0, 0.05) is 0 Å². The Morgan fingerprint density at radius 3 is 2.62 bits per heavy atom. The van der Waals surface area contributed by atoms with Crippen LogP contribution in [0, 0.1) is 0 Å². The Bertz CT molecular complexity index is 639. The number of carbonyl (C=O) groups is 3. The minimum atomic E-state index is -0.603. The maximum Gasteiger partial charge on any atom is 0.326 e. The van der Waals surface area contributed by atoms with E-state index in [9.17, 15) is 14.4 Å². The predicted octanol–water partition coefficient (Wildman–Crippen LogP) is -0.260. The summed E-state index contributed by atoms with van der Waals surface area (Å²) in [7, 11) is 1.44. The lowest BCUT2D eigenvalue weighted by molar-refractivity contribution is -0.120. The van der Waals surface area contributed by atoms with Gasteiger partial charge in [-0.25, -0.2) is 4.79 Å². The molecule has 0 unspecified atom stereocenters. The van der Waals surface area contributed by atoms with Crippen LogP contribution in [0.25, 0.3) is 6.08 Å². The van der Waals surface area contributed by atoms with E-state index in [4.69, 9.17) is 15.2 Å². The monoisotopic (exact) mass is 291 g/mol. The number of primary amides is 1. The van der Waals surface area contributed by atoms with Gasteiger partial charge in [-0.3, -0.25) is 14.9 Å². The molecular formula is C13H13N3O5. The summed E-state index contributed by atoms with van der Waals surface area (Å²) < 4.78 is 10.3. The zero-order chi connectivity index (χ0) is 15.4. The van der Waals surface area contributed by atoms with Gasteiger partial charge in [0.05, 0.1) is 7.11 Å². The summed E-state index contributed by atoms with van der Waals surface area (Å²) in [4.78, 5) is 33.1. The number of nitrogens with two attached hydrogens (primary N) is 1. The van der Waals surface area contributed by atoms with Crippen LogP contribution in [0.5, 0.6) is 11.5 Å². The van der Waals surface area contributed by atoms with Gasteiger partial charge >= 0.3 is 6.03 Å². The van der Waals surface area contributed by atoms with Crippen LogP contribution >= 0.6 is 0 Å². The van der Waals surface area contributed by atoms with Crippen molar-refractivity contribution in [2.45, 2.75) is 0 Å². The first-order valence-electron chi connectivity index (χ1n) is 5.93. The highest BCUT2D eigenvalue weighted by Gasteiger charge is 2.22. The first-order valence-corrected chi connectivity index (χ1v) is 5.93. The Balaban J connectivity index is 2.23. The molecule has 2 rings (SSSR count). The molecule has 1 fully saturated rings. The lowest BCUT2D eigenvalue weighted by atomic mass is 10.1. The van der Waals surface area contributed by atoms with Crippen LogP contribution < -0.4 is 25.8 Å². The largest absolute Gasteiger partial charge is 0.493 e. The third-order valence-corrected chi connectivity index (χ3v) is 2.59. The Kier molecular flexibility index (Phi) is 4.07. The second-order valence-electron chi connectivity index (χ2n) is 4.13. The zero-order valence-corrected chi connectivity index (χ0v) is 11.1. The molecule has 0 bridgehead atoms. The molecule has 4 N–H and O–H groups in total. The molecule has 1 aromatic rings. The zero-order valence-electron chi connectivity index (χ0n) is 11.1. The van der Waals surface area contributed by atoms with Gasteiger partial charge in [-0.1, -0.05) is 6.07 Å². The number of hydrogen-bond acceptors (Lipinski definition) is 5. The van der Waals surface area contributed by atoms with Gasteiger partial charge in [0.15, 0.2) is 18.1 Å². The molecule has 1 aromatic carbocycles. The first kappa shape index (κ1) is 14.4. The van der Waals surface area contributed by atoms with E-state index in [1.165, 1.54) is 13.2 Å². The molecule has 21 heavy (non-hydrogen) atoms. The van der Waals surface area contributed by atoms with Crippen molar-refractivity contribution in [3.05, 3.63) is 29.5 Å². The number of rotatable bonds is 5. The third kappa shape index (κ3) is 3.50. The van der Waals surface area contributed by atoms with Gasteiger partial charge in [0.25, 0.3) is 11.8 Å². The molecule has 0 radical (unpaired) electrons. The lowest BCUT2D eigenvalue weighted by Crippen LogP contribution is -2.22. The number of urea groups is 1. The molecule has 1 saturated heterocycles. The molecular weight excluding hydrogens is 278 g/mol. The number of ether oxygens (including phenoxy) is 2. The first-order chi connectivity index (χ1) is 9.99. The normalized spacial score (nSPS) is 15.6. The summed E-state index contributed by atoms with van der Waals surface area (Å²) in [5, 5.41) is 4.47. The van der Waals surface area contributed by atoms with Crippen molar-refractivity contribution in [1.29, 1.82) is 0 Å². The standard InChI is InChI=1S/C13H13N3O5/c1-20-10-5-7(2-3-9(10)21-6-11(14)17)4-8-12(18)16-13(19)15-8/h2-5H,6H2,1H3,(H2,14,17)(H2,15,16,18,19)/b8-4+. The summed E-state index contributed by atoms with van der Waals surface area (Å²) in [6.07, 6.45) is 1.49. The number of hydrogen-bond donors (Lipinski definition) is 3. The van der Waals surface area contributed by atoms with Crippen LogP contribution in [-0.4, -0.2) is 31.6 Å². The quantitative estimate of drug-likeness (QED) is 0.510. The highest BCUT2D eigenvalue weighted by Crippen LogP contribution is 2.28. The SMILES string of the molecule is COc1cc(/C=C2/NC(=O)NC2=O)ccc1OCC(N)=O. The number of amides is 4. The molecule has 0 saturated carbocycles. The number of nitrogens with one attached hydrogen (secondary N) is 2. The van der Waals surface area contributed by atoms with Crippen LogP contribution in [-0.2, 0) is 9.59 Å². The molecule has 4 amide bonds. The van der Waals surface area contributed by atoms with Crippen LogP contribution in [0.15, 0.2) is 23.9 Å². The van der Waals surface area contributed by atoms with Gasteiger partial charge in [-0.15, -0.1) is 0 Å². The van der Waals surface area contributed by atoms with Crippen LogP contribution in [0.2, 0.25) is 0 Å². The van der Waals surface area contributed by atoms with Crippen molar-refractivity contribution in [3.8, 4) is 11.5 Å². The fraction of sp³-hybridized carbons (Fsp3) is 0.154. The van der Waals surface area contributed by atoms with Crippen molar-refractivity contribution >= 4 is 23.9 Å². The second kappa shape index (κ2) is 5.95. The average molecular weight is 291 g/mol. The molecule has 0 aliphatic carbocycles. The highest BCUT2D eigenvalue weighted by atomic mass is 16.5. The Labute approximate surface area is 119 Å². The Morgan fingerprint density at radius 2 is 2.05 bits per heavy atom. The lowest BCUT2D eigenvalue weighted by Gasteiger charge is -2.10. The number of benzene rings is 1. The summed E-state index contributed by atoms with van der Waals surface area (Å²) in [5.74, 6) is -0.393. The van der Waals surface area contributed by atoms with E-state index >= 15 is 0 Å². The molecule has 0 spiro atoms. The Hall–Kier alpha value is -3.03. The topological polar surface area (TPSA) is 120 Å². The minimum Gasteiger partial charge on any atom is -0.493 e. The molecule has 0 aromatic heterocycles. The summed E-state index contributed by atoms with van der Waals surface area (Å²) in [5.41, 5.74) is 5.75. The predicted molar refractivity (Wildman–Crippen MR) is 72.3 cm³/mol. The number of imide groups is 1. The van der Waals surface area contributed by atoms with Crippen molar-refractivity contribution in [3.63, 3.8) is 0 Å². The van der Waals surface area contributed by atoms with Crippen molar-refractivity contribution < 1.29 is 23.9 Å². The average Bonchev–Trinajstić information content (AvgIpc) is 2.75. The van der Waals surface area contributed by atoms with Crippen molar-refractivity contribution in [1.82, 2.24) is 10.6 Å². The molecule has 110 valence electrons. The number of methoxy groups -OCH3 is 1. The maximum absolute atomic E-state index is 11.4. The van der Waals surface area contributed by atoms with Crippen LogP contribution in [0.3, 0.4) is 0 Å². The minimum absolute atomic E-state index is 0.132. The van der Waals surface area contributed by atoms with Crippen molar-refractivity contribution in [2.24, 2.45) is 5.73 Å². The fourth-order valence-electron chi connectivity index (χ4n) is 1.69. The molecule has 8 heteroatoms. The van der Waals surface area contributed by atoms with E-state index < -0.39 is 17.8 Å². The van der Waals surface area contributed by atoms with Crippen LogP contribution in [0.1, 0.15) is 5.56 Å². The maximum atomic E-state index is 11.4. The van der Waals surface area contributed by atoms with E-state index in [2.05, 4.69) is 10.6 Å². The highest BCUT2D eigenvalue weighted by molar-refractivity contribution is 6.14. The molecule has 0 atom stereocenters.